The van der Waals surface area contributed by atoms with Crippen LogP contribution in [-0.4, -0.2) is 5.78 Å². The maximum Gasteiger partial charge on any atom is 0.163 e. The Morgan fingerprint density at radius 3 is 2.86 bits per heavy atom. The molecule has 0 atom stereocenters. The molecule has 3 rings (SSSR count). The normalized spacial score (nSPS) is 13.9. The first-order chi connectivity index (χ1) is 10.1. The van der Waals surface area contributed by atoms with E-state index in [1.54, 1.807) is 0 Å². The maximum atomic E-state index is 11.9. The predicted octanol–water partition coefficient (Wildman–Crippen LogP) is 5.20. The standard InChI is InChI=1S/C17H14BrClO2/c18-13-5-7-16(19)12(8-13)10-21-14-6-4-11-2-1-3-17(20)15(11)9-14/h4-9H,1-3,10H2. The topological polar surface area (TPSA) is 26.3 Å². The fourth-order valence-corrected chi connectivity index (χ4v) is 3.09. The molecule has 0 saturated carbocycles. The molecule has 2 aromatic carbocycles. The summed E-state index contributed by atoms with van der Waals surface area (Å²) in [4.78, 5) is 11.9. The summed E-state index contributed by atoms with van der Waals surface area (Å²) in [6, 6.07) is 11.4. The summed E-state index contributed by atoms with van der Waals surface area (Å²) < 4.78 is 6.75. The lowest BCUT2D eigenvalue weighted by molar-refractivity contribution is 0.0972. The third-order valence-corrected chi connectivity index (χ3v) is 4.50. The van der Waals surface area contributed by atoms with Crippen LogP contribution in [0.2, 0.25) is 5.02 Å². The number of benzene rings is 2. The molecule has 0 radical (unpaired) electrons. The number of ether oxygens (including phenoxy) is 1. The maximum absolute atomic E-state index is 11.9. The van der Waals surface area contributed by atoms with Crippen LogP contribution < -0.4 is 4.74 Å². The summed E-state index contributed by atoms with van der Waals surface area (Å²) in [7, 11) is 0. The first kappa shape index (κ1) is 14.6. The molecule has 0 saturated heterocycles. The third-order valence-electron chi connectivity index (χ3n) is 3.63. The zero-order chi connectivity index (χ0) is 14.8. The Morgan fingerprint density at radius 1 is 1.14 bits per heavy atom. The van der Waals surface area contributed by atoms with Gasteiger partial charge in [-0.3, -0.25) is 4.79 Å². The molecule has 0 bridgehead atoms. The van der Waals surface area contributed by atoms with Crippen LogP contribution in [0, 0.1) is 0 Å². The molecule has 0 heterocycles. The Labute approximate surface area is 137 Å². The lowest BCUT2D eigenvalue weighted by atomic mass is 9.90. The van der Waals surface area contributed by atoms with E-state index in [0.29, 0.717) is 23.8 Å². The number of ketones is 1. The number of halogens is 2. The molecule has 4 heteroatoms. The Morgan fingerprint density at radius 2 is 2.00 bits per heavy atom. The van der Waals surface area contributed by atoms with Crippen molar-refractivity contribution in [1.82, 2.24) is 0 Å². The van der Waals surface area contributed by atoms with Crippen LogP contribution in [0.3, 0.4) is 0 Å². The first-order valence-corrected chi connectivity index (χ1v) is 8.03. The van der Waals surface area contributed by atoms with Gasteiger partial charge in [-0.25, -0.2) is 0 Å². The molecule has 1 aliphatic rings. The predicted molar refractivity (Wildman–Crippen MR) is 87.2 cm³/mol. The number of carbonyl (C=O) groups excluding carboxylic acids is 1. The van der Waals surface area contributed by atoms with E-state index >= 15 is 0 Å². The highest BCUT2D eigenvalue weighted by Gasteiger charge is 2.17. The molecule has 1 aliphatic carbocycles. The number of aryl methyl sites for hydroxylation is 1. The summed E-state index contributed by atoms with van der Waals surface area (Å²) in [6.45, 7) is 0.380. The van der Waals surface area contributed by atoms with Gasteiger partial charge in [-0.2, -0.15) is 0 Å². The van der Waals surface area contributed by atoms with Gasteiger partial charge in [-0.1, -0.05) is 33.6 Å². The van der Waals surface area contributed by atoms with E-state index in [1.807, 2.05) is 36.4 Å². The Bertz CT molecular complexity index is 697. The minimum atomic E-state index is 0.210. The van der Waals surface area contributed by atoms with Crippen molar-refractivity contribution in [2.75, 3.05) is 0 Å². The lowest BCUT2D eigenvalue weighted by Gasteiger charge is -2.16. The molecule has 0 N–H and O–H groups in total. The number of Topliss-reactive ketones (excluding diaryl/α,β-unsaturated/α-hetero) is 1. The Hall–Kier alpha value is -1.32. The van der Waals surface area contributed by atoms with Crippen molar-refractivity contribution in [1.29, 1.82) is 0 Å². The van der Waals surface area contributed by atoms with Gasteiger partial charge >= 0.3 is 0 Å². The number of fused-ring (bicyclic) bond motifs is 1. The van der Waals surface area contributed by atoms with Crippen molar-refractivity contribution in [2.45, 2.75) is 25.9 Å². The van der Waals surface area contributed by atoms with E-state index in [9.17, 15) is 4.79 Å². The van der Waals surface area contributed by atoms with E-state index in [4.69, 9.17) is 16.3 Å². The molecular formula is C17H14BrClO2. The van der Waals surface area contributed by atoms with Crippen molar-refractivity contribution in [3.63, 3.8) is 0 Å². The second kappa shape index (κ2) is 6.20. The van der Waals surface area contributed by atoms with Gasteiger partial charge in [-0.05, 0) is 48.7 Å². The number of hydrogen-bond donors (Lipinski definition) is 0. The Balaban J connectivity index is 1.78. The average molecular weight is 366 g/mol. The van der Waals surface area contributed by atoms with Crippen LogP contribution >= 0.6 is 27.5 Å². The highest BCUT2D eigenvalue weighted by Crippen LogP contribution is 2.27. The van der Waals surface area contributed by atoms with Crippen molar-refractivity contribution in [2.24, 2.45) is 0 Å². The summed E-state index contributed by atoms with van der Waals surface area (Å²) in [6.07, 6.45) is 2.55. The van der Waals surface area contributed by atoms with Gasteiger partial charge in [0, 0.05) is 27.0 Å². The molecule has 0 spiro atoms. The van der Waals surface area contributed by atoms with Crippen LogP contribution in [0.25, 0.3) is 0 Å². The van der Waals surface area contributed by atoms with Crippen LogP contribution in [-0.2, 0) is 13.0 Å². The number of carbonyl (C=O) groups is 1. The van der Waals surface area contributed by atoms with Crippen molar-refractivity contribution >= 4 is 33.3 Å². The molecule has 2 aromatic rings. The summed E-state index contributed by atoms with van der Waals surface area (Å²) in [5, 5.41) is 0.673. The van der Waals surface area contributed by atoms with Crippen LogP contribution in [0.15, 0.2) is 40.9 Å². The van der Waals surface area contributed by atoms with Gasteiger partial charge in [0.25, 0.3) is 0 Å². The highest BCUT2D eigenvalue weighted by atomic mass is 79.9. The van der Waals surface area contributed by atoms with Crippen molar-refractivity contribution in [3.8, 4) is 5.75 Å². The highest BCUT2D eigenvalue weighted by molar-refractivity contribution is 9.10. The first-order valence-electron chi connectivity index (χ1n) is 6.86. The van der Waals surface area contributed by atoms with Crippen LogP contribution in [0.5, 0.6) is 5.75 Å². The van der Waals surface area contributed by atoms with E-state index in [-0.39, 0.29) is 5.78 Å². The molecule has 0 unspecified atom stereocenters. The zero-order valence-electron chi connectivity index (χ0n) is 11.4. The van der Waals surface area contributed by atoms with E-state index in [0.717, 1.165) is 34.0 Å². The second-order valence-electron chi connectivity index (χ2n) is 5.12. The second-order valence-corrected chi connectivity index (χ2v) is 6.44. The van der Waals surface area contributed by atoms with E-state index in [1.165, 1.54) is 0 Å². The molecule has 2 nitrogen and oxygen atoms in total. The van der Waals surface area contributed by atoms with Gasteiger partial charge < -0.3 is 4.74 Å². The smallest absolute Gasteiger partial charge is 0.163 e. The fourth-order valence-electron chi connectivity index (χ4n) is 2.51. The third kappa shape index (κ3) is 3.30. The molecular weight excluding hydrogens is 352 g/mol. The monoisotopic (exact) mass is 364 g/mol. The van der Waals surface area contributed by atoms with E-state index < -0.39 is 0 Å². The summed E-state index contributed by atoms with van der Waals surface area (Å²) >= 11 is 9.57. The largest absolute Gasteiger partial charge is 0.489 e. The SMILES string of the molecule is O=C1CCCc2ccc(OCc3cc(Br)ccc3Cl)cc21. The van der Waals surface area contributed by atoms with Gasteiger partial charge in [-0.15, -0.1) is 0 Å². The minimum Gasteiger partial charge on any atom is -0.489 e. The van der Waals surface area contributed by atoms with Crippen molar-refractivity contribution in [3.05, 3.63) is 62.6 Å². The molecule has 0 amide bonds. The van der Waals surface area contributed by atoms with Crippen molar-refractivity contribution < 1.29 is 9.53 Å². The summed E-state index contributed by atoms with van der Waals surface area (Å²) in [5.41, 5.74) is 2.84. The van der Waals surface area contributed by atoms with Gasteiger partial charge in [0.15, 0.2) is 5.78 Å². The fraction of sp³-hybridized carbons (Fsp3) is 0.235. The van der Waals surface area contributed by atoms with Crippen LogP contribution in [0.1, 0.15) is 34.3 Å². The molecule has 0 aromatic heterocycles. The molecule has 0 fully saturated rings. The average Bonchev–Trinajstić information content (AvgIpc) is 2.49. The lowest BCUT2D eigenvalue weighted by Crippen LogP contribution is -2.10. The van der Waals surface area contributed by atoms with E-state index in [2.05, 4.69) is 15.9 Å². The van der Waals surface area contributed by atoms with Crippen LogP contribution in [0.4, 0.5) is 0 Å². The molecule has 0 aliphatic heterocycles. The van der Waals surface area contributed by atoms with Gasteiger partial charge in [0.05, 0.1) is 0 Å². The minimum absolute atomic E-state index is 0.210. The molecule has 108 valence electrons. The number of rotatable bonds is 3. The quantitative estimate of drug-likeness (QED) is 0.747. The molecule has 21 heavy (non-hydrogen) atoms. The van der Waals surface area contributed by atoms with Gasteiger partial charge in [0.2, 0.25) is 0 Å². The number of hydrogen-bond acceptors (Lipinski definition) is 2. The Kier molecular flexibility index (Phi) is 4.32. The zero-order valence-corrected chi connectivity index (χ0v) is 13.7. The van der Waals surface area contributed by atoms with Gasteiger partial charge in [0.1, 0.15) is 12.4 Å². The summed E-state index contributed by atoms with van der Waals surface area (Å²) in [5.74, 6) is 0.919.